The normalized spacial score (nSPS) is 10.4. The lowest BCUT2D eigenvalue weighted by Gasteiger charge is -2.13. The lowest BCUT2D eigenvalue weighted by atomic mass is 10.1. The van der Waals surface area contributed by atoms with Crippen molar-refractivity contribution in [1.29, 1.82) is 0 Å². The molecule has 0 bridgehead atoms. The number of hydrogen-bond donors (Lipinski definition) is 2. The van der Waals surface area contributed by atoms with Gasteiger partial charge in [0.2, 0.25) is 5.91 Å². The van der Waals surface area contributed by atoms with E-state index in [2.05, 4.69) is 34.9 Å². The second kappa shape index (κ2) is 12.8. The molecule has 2 N–H and O–H groups in total. The predicted octanol–water partition coefficient (Wildman–Crippen LogP) is 6.33. The van der Waals surface area contributed by atoms with E-state index < -0.39 is 0 Å². The van der Waals surface area contributed by atoms with Gasteiger partial charge in [0.05, 0.1) is 18.8 Å². The summed E-state index contributed by atoms with van der Waals surface area (Å²) in [7, 11) is 0. The zero-order chi connectivity index (χ0) is 24.1. The van der Waals surface area contributed by atoms with Crippen LogP contribution in [0.5, 0.6) is 11.5 Å². The highest BCUT2D eigenvalue weighted by atomic mass is 16.5. The first kappa shape index (κ1) is 23.9. The van der Waals surface area contributed by atoms with Gasteiger partial charge in [-0.15, -0.1) is 0 Å². The van der Waals surface area contributed by atoms with E-state index in [9.17, 15) is 4.79 Å². The fourth-order valence-electron chi connectivity index (χ4n) is 3.60. The second-order valence-corrected chi connectivity index (χ2v) is 8.13. The van der Waals surface area contributed by atoms with Gasteiger partial charge >= 0.3 is 0 Å². The number of rotatable bonds is 12. The first-order valence-corrected chi connectivity index (χ1v) is 11.8. The SMILES string of the molecule is O=C(CNc1ccccc1OCc1ccccc1)Nc1ccc(OCCCc2ccccc2)cc1. The molecule has 4 aromatic carbocycles. The minimum Gasteiger partial charge on any atom is -0.494 e. The highest BCUT2D eigenvalue weighted by Gasteiger charge is 2.07. The molecule has 0 atom stereocenters. The van der Waals surface area contributed by atoms with Crippen molar-refractivity contribution < 1.29 is 14.3 Å². The molecule has 0 unspecified atom stereocenters. The van der Waals surface area contributed by atoms with Gasteiger partial charge in [0, 0.05) is 5.69 Å². The number of hydrogen-bond acceptors (Lipinski definition) is 4. The van der Waals surface area contributed by atoms with E-state index in [0.29, 0.717) is 19.0 Å². The Labute approximate surface area is 206 Å². The Morgan fingerprint density at radius 2 is 1.34 bits per heavy atom. The van der Waals surface area contributed by atoms with E-state index in [4.69, 9.17) is 9.47 Å². The van der Waals surface area contributed by atoms with Crippen molar-refractivity contribution in [3.8, 4) is 11.5 Å². The van der Waals surface area contributed by atoms with Crippen LogP contribution in [0.4, 0.5) is 11.4 Å². The van der Waals surface area contributed by atoms with Crippen LogP contribution in [0, 0.1) is 0 Å². The first-order chi connectivity index (χ1) is 17.3. The van der Waals surface area contributed by atoms with Crippen molar-refractivity contribution in [2.75, 3.05) is 23.8 Å². The van der Waals surface area contributed by atoms with Crippen LogP contribution in [-0.4, -0.2) is 19.1 Å². The fraction of sp³-hybridized carbons (Fsp3) is 0.167. The molecular formula is C30H30N2O3. The monoisotopic (exact) mass is 466 g/mol. The molecule has 0 aliphatic rings. The van der Waals surface area contributed by atoms with Crippen LogP contribution in [0.25, 0.3) is 0 Å². The van der Waals surface area contributed by atoms with E-state index in [-0.39, 0.29) is 12.5 Å². The van der Waals surface area contributed by atoms with Crippen LogP contribution in [0.1, 0.15) is 17.5 Å². The number of amides is 1. The van der Waals surface area contributed by atoms with Crippen LogP contribution < -0.4 is 20.1 Å². The number of anilines is 2. The van der Waals surface area contributed by atoms with Crippen molar-refractivity contribution in [3.05, 3.63) is 120 Å². The van der Waals surface area contributed by atoms with E-state index in [1.54, 1.807) is 0 Å². The number of ether oxygens (including phenoxy) is 2. The quantitative estimate of drug-likeness (QED) is 0.240. The number of carbonyl (C=O) groups excluding carboxylic acids is 1. The Morgan fingerprint density at radius 3 is 2.09 bits per heavy atom. The van der Waals surface area contributed by atoms with Gasteiger partial charge in [0.15, 0.2) is 0 Å². The maximum absolute atomic E-state index is 12.5. The molecule has 0 saturated heterocycles. The van der Waals surface area contributed by atoms with E-state index >= 15 is 0 Å². The first-order valence-electron chi connectivity index (χ1n) is 11.8. The summed E-state index contributed by atoms with van der Waals surface area (Å²) in [6, 6.07) is 35.4. The van der Waals surface area contributed by atoms with E-state index in [1.165, 1.54) is 5.56 Å². The van der Waals surface area contributed by atoms with Gasteiger partial charge in [0.25, 0.3) is 0 Å². The maximum atomic E-state index is 12.5. The molecule has 0 aliphatic heterocycles. The molecule has 0 aliphatic carbocycles. The Bertz CT molecular complexity index is 1180. The zero-order valence-electron chi connectivity index (χ0n) is 19.7. The molecule has 178 valence electrons. The molecule has 0 saturated carbocycles. The molecule has 5 nitrogen and oxygen atoms in total. The molecular weight excluding hydrogens is 436 g/mol. The largest absolute Gasteiger partial charge is 0.494 e. The minimum absolute atomic E-state index is 0.128. The van der Waals surface area contributed by atoms with Crippen molar-refractivity contribution >= 4 is 17.3 Å². The summed E-state index contributed by atoms with van der Waals surface area (Å²) in [5, 5.41) is 6.07. The second-order valence-electron chi connectivity index (χ2n) is 8.13. The van der Waals surface area contributed by atoms with Gasteiger partial charge in [0.1, 0.15) is 18.1 Å². The summed E-state index contributed by atoms with van der Waals surface area (Å²) >= 11 is 0. The Kier molecular flexibility index (Phi) is 8.77. The van der Waals surface area contributed by atoms with Gasteiger partial charge in [-0.05, 0) is 60.4 Å². The van der Waals surface area contributed by atoms with Gasteiger partial charge in [-0.25, -0.2) is 0 Å². The summed E-state index contributed by atoms with van der Waals surface area (Å²) in [5.41, 5.74) is 3.90. The van der Waals surface area contributed by atoms with Gasteiger partial charge in [-0.2, -0.15) is 0 Å². The molecule has 0 spiro atoms. The van der Waals surface area contributed by atoms with Crippen molar-refractivity contribution in [2.45, 2.75) is 19.4 Å². The summed E-state index contributed by atoms with van der Waals surface area (Å²) in [5.74, 6) is 1.36. The van der Waals surface area contributed by atoms with Crippen molar-refractivity contribution in [2.24, 2.45) is 0 Å². The molecule has 0 fully saturated rings. The lowest BCUT2D eigenvalue weighted by molar-refractivity contribution is -0.114. The Hall–Kier alpha value is -4.25. The van der Waals surface area contributed by atoms with Gasteiger partial charge in [-0.1, -0.05) is 72.8 Å². The number of aryl methyl sites for hydroxylation is 1. The Balaban J connectivity index is 1.20. The van der Waals surface area contributed by atoms with Crippen LogP contribution in [-0.2, 0) is 17.8 Å². The highest BCUT2D eigenvalue weighted by molar-refractivity contribution is 5.94. The van der Waals surface area contributed by atoms with Crippen LogP contribution in [0.2, 0.25) is 0 Å². The van der Waals surface area contributed by atoms with E-state index in [1.807, 2.05) is 84.9 Å². The van der Waals surface area contributed by atoms with Crippen molar-refractivity contribution in [1.82, 2.24) is 0 Å². The molecule has 4 rings (SSSR count). The summed E-state index contributed by atoms with van der Waals surface area (Å²) in [6.45, 7) is 1.24. The van der Waals surface area contributed by atoms with Gasteiger partial charge < -0.3 is 20.1 Å². The molecule has 5 heteroatoms. The van der Waals surface area contributed by atoms with Crippen molar-refractivity contribution in [3.63, 3.8) is 0 Å². The smallest absolute Gasteiger partial charge is 0.243 e. The number of nitrogens with one attached hydrogen (secondary N) is 2. The fourth-order valence-corrected chi connectivity index (χ4v) is 3.60. The van der Waals surface area contributed by atoms with Crippen LogP contribution >= 0.6 is 0 Å². The highest BCUT2D eigenvalue weighted by Crippen LogP contribution is 2.24. The maximum Gasteiger partial charge on any atom is 0.243 e. The van der Waals surface area contributed by atoms with Crippen LogP contribution in [0.15, 0.2) is 109 Å². The third-order valence-electron chi connectivity index (χ3n) is 5.42. The topological polar surface area (TPSA) is 59.6 Å². The minimum atomic E-state index is -0.139. The van der Waals surface area contributed by atoms with Crippen LogP contribution in [0.3, 0.4) is 0 Å². The zero-order valence-corrected chi connectivity index (χ0v) is 19.7. The third-order valence-corrected chi connectivity index (χ3v) is 5.42. The van der Waals surface area contributed by atoms with Gasteiger partial charge in [-0.3, -0.25) is 4.79 Å². The average Bonchev–Trinajstić information content (AvgIpc) is 2.91. The molecule has 0 radical (unpaired) electrons. The lowest BCUT2D eigenvalue weighted by Crippen LogP contribution is -2.22. The molecule has 1 amide bonds. The number of benzene rings is 4. The molecule has 35 heavy (non-hydrogen) atoms. The summed E-state index contributed by atoms with van der Waals surface area (Å²) in [4.78, 5) is 12.5. The number of carbonyl (C=O) groups is 1. The number of para-hydroxylation sites is 2. The summed E-state index contributed by atoms with van der Waals surface area (Å²) in [6.07, 6.45) is 1.94. The standard InChI is InChI=1S/C30H30N2O3/c33-30(22-31-28-15-7-8-16-29(28)35-23-25-12-5-2-6-13-25)32-26-17-19-27(20-18-26)34-21-9-14-24-10-3-1-4-11-24/h1-8,10-13,15-20,31H,9,14,21-23H2,(H,32,33). The molecule has 4 aromatic rings. The average molecular weight is 467 g/mol. The predicted molar refractivity (Wildman–Crippen MR) is 141 cm³/mol. The Morgan fingerprint density at radius 1 is 0.686 bits per heavy atom. The third kappa shape index (κ3) is 7.93. The van der Waals surface area contributed by atoms with E-state index in [0.717, 1.165) is 35.5 Å². The molecule has 0 aromatic heterocycles. The molecule has 0 heterocycles. The summed E-state index contributed by atoms with van der Waals surface area (Å²) < 4.78 is 11.8.